The summed E-state index contributed by atoms with van der Waals surface area (Å²) in [4.78, 5) is 10.1. The van der Waals surface area contributed by atoms with Crippen LogP contribution in [0.3, 0.4) is 0 Å². The molecule has 0 aromatic rings. The van der Waals surface area contributed by atoms with Crippen LogP contribution in [0, 0.1) is 5.92 Å². The Morgan fingerprint density at radius 3 is 2.58 bits per heavy atom. The van der Waals surface area contributed by atoms with Gasteiger partial charge in [-0.05, 0) is 36.3 Å². The van der Waals surface area contributed by atoms with Gasteiger partial charge in [0.1, 0.15) is 0 Å². The number of carboxylic acid groups (broad SMARTS) is 1. The Hall–Kier alpha value is -0.510. The summed E-state index contributed by atoms with van der Waals surface area (Å²) in [5.41, 5.74) is 0. The van der Waals surface area contributed by atoms with Gasteiger partial charge in [-0.25, -0.2) is 4.79 Å². The highest BCUT2D eigenvalue weighted by molar-refractivity contribution is 7.99. The Balaban J connectivity index is 2.47. The van der Waals surface area contributed by atoms with Crippen molar-refractivity contribution in [2.24, 2.45) is 5.92 Å². The second-order valence-electron chi connectivity index (χ2n) is 2.77. The van der Waals surface area contributed by atoms with E-state index in [1.165, 1.54) is 6.08 Å². The number of hydrogen-bond donors (Lipinski definition) is 1. The van der Waals surface area contributed by atoms with Crippen molar-refractivity contribution in [3.05, 3.63) is 11.9 Å². The van der Waals surface area contributed by atoms with Gasteiger partial charge in [0.15, 0.2) is 0 Å². The van der Waals surface area contributed by atoms with Crippen LogP contribution in [0.5, 0.6) is 0 Å². The summed E-state index contributed by atoms with van der Waals surface area (Å²) in [7, 11) is 0. The number of carboxylic acids is 1. The molecule has 0 saturated carbocycles. The molecule has 1 aliphatic heterocycles. The van der Waals surface area contributed by atoms with Crippen molar-refractivity contribution in [1.29, 1.82) is 0 Å². The summed E-state index contributed by atoms with van der Waals surface area (Å²) in [6.45, 7) is 0. The predicted octanol–water partition coefficient (Wildman–Crippen LogP) is 2.07. The van der Waals surface area contributed by atoms with Gasteiger partial charge in [0, 0.05) is 0 Å². The lowest BCUT2D eigenvalue weighted by Gasteiger charge is -2.17. The molecule has 68 valence electrons. The van der Waals surface area contributed by atoms with Gasteiger partial charge in [0.2, 0.25) is 5.83 Å². The molecule has 12 heavy (non-hydrogen) atoms. The molecule has 0 aromatic carbocycles. The van der Waals surface area contributed by atoms with Crippen molar-refractivity contribution < 1.29 is 14.3 Å². The number of rotatable bonds is 2. The number of carbonyl (C=O) groups is 1. The van der Waals surface area contributed by atoms with Gasteiger partial charge < -0.3 is 5.11 Å². The Morgan fingerprint density at radius 1 is 1.50 bits per heavy atom. The molecule has 0 radical (unpaired) electrons. The first kappa shape index (κ1) is 9.58. The SMILES string of the molecule is O=C(O)/C(F)=C/C1CCSCC1. The monoisotopic (exact) mass is 190 g/mol. The number of hydrogen-bond acceptors (Lipinski definition) is 2. The minimum absolute atomic E-state index is 0.127. The minimum atomic E-state index is -1.45. The van der Waals surface area contributed by atoms with Gasteiger partial charge in [0.05, 0.1) is 0 Å². The van der Waals surface area contributed by atoms with E-state index in [1.54, 1.807) is 0 Å². The normalized spacial score (nSPS) is 20.9. The van der Waals surface area contributed by atoms with Crippen LogP contribution >= 0.6 is 11.8 Å². The summed E-state index contributed by atoms with van der Waals surface area (Å²) < 4.78 is 12.6. The fourth-order valence-electron chi connectivity index (χ4n) is 1.16. The van der Waals surface area contributed by atoms with Crippen molar-refractivity contribution in [3.63, 3.8) is 0 Å². The molecular weight excluding hydrogens is 179 g/mol. The van der Waals surface area contributed by atoms with Crippen molar-refractivity contribution in [1.82, 2.24) is 0 Å². The van der Waals surface area contributed by atoms with Gasteiger partial charge in [0.25, 0.3) is 0 Å². The third-order valence-corrected chi connectivity index (χ3v) is 2.90. The third-order valence-electron chi connectivity index (χ3n) is 1.85. The molecule has 0 unspecified atom stereocenters. The van der Waals surface area contributed by atoms with E-state index >= 15 is 0 Å². The Kier molecular flexibility index (Phi) is 3.59. The van der Waals surface area contributed by atoms with E-state index in [9.17, 15) is 9.18 Å². The molecule has 0 amide bonds. The number of aliphatic carboxylic acids is 1. The lowest BCUT2D eigenvalue weighted by Crippen LogP contribution is -2.08. The van der Waals surface area contributed by atoms with E-state index in [4.69, 9.17) is 5.11 Å². The van der Waals surface area contributed by atoms with Gasteiger partial charge in [-0.2, -0.15) is 16.2 Å². The molecule has 2 nitrogen and oxygen atoms in total. The summed E-state index contributed by atoms with van der Waals surface area (Å²) in [5, 5.41) is 8.26. The van der Waals surface area contributed by atoms with E-state index in [0.717, 1.165) is 24.3 Å². The Morgan fingerprint density at radius 2 is 2.08 bits per heavy atom. The summed E-state index contributed by atoms with van der Waals surface area (Å²) in [6, 6.07) is 0. The van der Waals surface area contributed by atoms with Crippen molar-refractivity contribution in [3.8, 4) is 0 Å². The second kappa shape index (κ2) is 4.50. The van der Waals surface area contributed by atoms with E-state index in [1.807, 2.05) is 11.8 Å². The second-order valence-corrected chi connectivity index (χ2v) is 3.99. The third kappa shape index (κ3) is 2.85. The van der Waals surface area contributed by atoms with E-state index in [-0.39, 0.29) is 5.92 Å². The summed E-state index contributed by atoms with van der Waals surface area (Å²) >= 11 is 1.84. The molecule has 0 aromatic heterocycles. The van der Waals surface area contributed by atoms with Gasteiger partial charge in [-0.15, -0.1) is 0 Å². The fourth-order valence-corrected chi connectivity index (χ4v) is 2.30. The largest absolute Gasteiger partial charge is 0.476 e. The van der Waals surface area contributed by atoms with Crippen LogP contribution in [-0.4, -0.2) is 22.6 Å². The molecule has 1 heterocycles. The summed E-state index contributed by atoms with van der Waals surface area (Å²) in [6.07, 6.45) is 3.03. The van der Waals surface area contributed by atoms with Gasteiger partial charge >= 0.3 is 5.97 Å². The van der Waals surface area contributed by atoms with Crippen molar-refractivity contribution >= 4 is 17.7 Å². The average Bonchev–Trinajstić information content (AvgIpc) is 2.06. The molecule has 0 aliphatic carbocycles. The lowest BCUT2D eigenvalue weighted by molar-refractivity contribution is -0.134. The molecular formula is C8H11FO2S. The first-order valence-electron chi connectivity index (χ1n) is 3.88. The molecule has 0 bridgehead atoms. The molecule has 1 aliphatic rings. The zero-order valence-corrected chi connectivity index (χ0v) is 7.44. The summed E-state index contributed by atoms with van der Waals surface area (Å²) in [5.74, 6) is -0.315. The zero-order valence-electron chi connectivity index (χ0n) is 6.62. The van der Waals surface area contributed by atoms with Gasteiger partial charge in [-0.1, -0.05) is 0 Å². The molecule has 1 rings (SSSR count). The Bertz CT molecular complexity index is 197. The van der Waals surface area contributed by atoms with E-state index < -0.39 is 11.8 Å². The van der Waals surface area contributed by atoms with Crippen LogP contribution in [0.1, 0.15) is 12.8 Å². The molecule has 0 spiro atoms. The first-order chi connectivity index (χ1) is 5.70. The molecule has 4 heteroatoms. The molecule has 1 fully saturated rings. The highest BCUT2D eigenvalue weighted by Gasteiger charge is 2.14. The quantitative estimate of drug-likeness (QED) is 0.677. The number of halogens is 1. The molecule has 0 atom stereocenters. The topological polar surface area (TPSA) is 37.3 Å². The minimum Gasteiger partial charge on any atom is -0.476 e. The van der Waals surface area contributed by atoms with Gasteiger partial charge in [-0.3, -0.25) is 0 Å². The first-order valence-corrected chi connectivity index (χ1v) is 5.04. The van der Waals surface area contributed by atoms with Crippen LogP contribution in [-0.2, 0) is 4.79 Å². The maximum atomic E-state index is 12.6. The fraction of sp³-hybridized carbons (Fsp3) is 0.625. The molecule has 1 saturated heterocycles. The number of allylic oxidation sites excluding steroid dienone is 1. The van der Waals surface area contributed by atoms with Crippen molar-refractivity contribution in [2.75, 3.05) is 11.5 Å². The van der Waals surface area contributed by atoms with Crippen molar-refractivity contribution in [2.45, 2.75) is 12.8 Å². The highest BCUT2D eigenvalue weighted by Crippen LogP contribution is 2.24. The predicted molar refractivity (Wildman–Crippen MR) is 46.9 cm³/mol. The average molecular weight is 190 g/mol. The Labute approximate surface area is 74.8 Å². The van der Waals surface area contributed by atoms with E-state index in [0.29, 0.717) is 0 Å². The van der Waals surface area contributed by atoms with Crippen LogP contribution in [0.25, 0.3) is 0 Å². The van der Waals surface area contributed by atoms with Crippen LogP contribution in [0.2, 0.25) is 0 Å². The smallest absolute Gasteiger partial charge is 0.364 e. The maximum Gasteiger partial charge on any atom is 0.364 e. The van der Waals surface area contributed by atoms with Crippen LogP contribution in [0.15, 0.2) is 11.9 Å². The molecule has 1 N–H and O–H groups in total. The maximum absolute atomic E-state index is 12.6. The zero-order chi connectivity index (χ0) is 8.97. The standard InChI is InChI=1S/C8H11FO2S/c9-7(8(10)11)5-6-1-3-12-4-2-6/h5-6H,1-4H2,(H,10,11)/b7-5-. The van der Waals surface area contributed by atoms with E-state index in [2.05, 4.69) is 0 Å². The highest BCUT2D eigenvalue weighted by atomic mass is 32.2. The lowest BCUT2D eigenvalue weighted by atomic mass is 10.0. The van der Waals surface area contributed by atoms with Crippen LogP contribution in [0.4, 0.5) is 4.39 Å². The van der Waals surface area contributed by atoms with Crippen LogP contribution < -0.4 is 0 Å². The number of thioether (sulfide) groups is 1.